The Bertz CT molecular complexity index is 1480. The Morgan fingerprint density at radius 3 is 2.59 bits per heavy atom. The Morgan fingerprint density at radius 1 is 0.941 bits per heavy atom. The van der Waals surface area contributed by atoms with E-state index in [0.717, 1.165) is 34.4 Å². The number of carbonyl (C=O) groups excluding carboxylic acids is 1. The molecular weight excluding hydrogens is 426 g/mol. The average molecular weight is 450 g/mol. The minimum Gasteiger partial charge on any atom is -0.382 e. The van der Waals surface area contributed by atoms with Gasteiger partial charge in [0.1, 0.15) is 5.82 Å². The molecule has 3 aromatic heterocycles. The number of benzene rings is 2. The summed E-state index contributed by atoms with van der Waals surface area (Å²) in [6.45, 7) is 3.04. The Balaban J connectivity index is 1.57. The van der Waals surface area contributed by atoms with E-state index >= 15 is 0 Å². The molecule has 8 heteroatoms. The number of carbonyl (C=O) groups is 1. The lowest BCUT2D eigenvalue weighted by Crippen LogP contribution is -2.27. The molecule has 34 heavy (non-hydrogen) atoms. The fourth-order valence-corrected chi connectivity index (χ4v) is 3.88. The Hall–Kier alpha value is -4.59. The van der Waals surface area contributed by atoms with Gasteiger partial charge in [-0.3, -0.25) is 9.78 Å². The molecule has 5 aromatic rings. The van der Waals surface area contributed by atoms with Crippen LogP contribution < -0.4 is 11.1 Å². The number of imidazole rings is 1. The third-order valence-corrected chi connectivity index (χ3v) is 5.61. The number of nitrogens with one attached hydrogen (secondary N) is 1. The number of nitrogen functional groups attached to an aromatic ring is 1. The zero-order chi connectivity index (χ0) is 23.5. The summed E-state index contributed by atoms with van der Waals surface area (Å²) < 4.78 is 1.96. The van der Waals surface area contributed by atoms with Crippen LogP contribution in [0.1, 0.15) is 23.2 Å². The molecule has 5 rings (SSSR count). The number of amides is 1. The lowest BCUT2D eigenvalue weighted by atomic mass is 10.0. The van der Waals surface area contributed by atoms with Gasteiger partial charge in [-0.2, -0.15) is 0 Å². The first kappa shape index (κ1) is 21.3. The van der Waals surface area contributed by atoms with Crippen LogP contribution in [0, 0.1) is 0 Å². The second-order valence-corrected chi connectivity index (χ2v) is 7.74. The van der Waals surface area contributed by atoms with Gasteiger partial charge in [-0.1, -0.05) is 42.5 Å². The first-order valence-corrected chi connectivity index (χ1v) is 11.0. The van der Waals surface area contributed by atoms with Gasteiger partial charge in [-0.15, -0.1) is 0 Å². The molecule has 0 fully saturated rings. The number of hydrogen-bond donors (Lipinski definition) is 2. The topological polar surface area (TPSA) is 112 Å². The van der Waals surface area contributed by atoms with Crippen molar-refractivity contribution >= 4 is 22.6 Å². The largest absolute Gasteiger partial charge is 0.382 e. The summed E-state index contributed by atoms with van der Waals surface area (Å²) >= 11 is 0. The quantitative estimate of drug-likeness (QED) is 0.404. The van der Waals surface area contributed by atoms with Gasteiger partial charge >= 0.3 is 0 Å². The minimum atomic E-state index is -0.404. The number of pyridine rings is 1. The summed E-state index contributed by atoms with van der Waals surface area (Å²) in [4.78, 5) is 31.1. The molecule has 0 saturated carbocycles. The summed E-state index contributed by atoms with van der Waals surface area (Å²) in [5, 5.41) is 3.84. The van der Waals surface area contributed by atoms with E-state index in [4.69, 9.17) is 10.7 Å². The van der Waals surface area contributed by atoms with E-state index in [9.17, 15) is 4.79 Å². The summed E-state index contributed by atoms with van der Waals surface area (Å²) in [7, 11) is 0. The van der Waals surface area contributed by atoms with E-state index < -0.39 is 5.91 Å². The number of rotatable bonds is 6. The maximum Gasteiger partial charge on any atom is 0.274 e. The van der Waals surface area contributed by atoms with Crippen LogP contribution in [0.15, 0.2) is 79.3 Å². The molecule has 0 aliphatic carbocycles. The summed E-state index contributed by atoms with van der Waals surface area (Å²) in [6.07, 6.45) is 5.34. The number of anilines is 1. The SMILES string of the molecule is CCn1ccnc1CNC(=O)c1nc(-c2ccc3ncccc3c2)c(-c2ccccc2)nc1N. The predicted molar refractivity (Wildman–Crippen MR) is 132 cm³/mol. The van der Waals surface area contributed by atoms with Crippen molar-refractivity contribution in [3.8, 4) is 22.5 Å². The van der Waals surface area contributed by atoms with Crippen molar-refractivity contribution in [1.29, 1.82) is 0 Å². The van der Waals surface area contributed by atoms with Crippen LogP contribution >= 0.6 is 0 Å². The molecule has 2 aromatic carbocycles. The Morgan fingerprint density at radius 2 is 1.76 bits per heavy atom. The van der Waals surface area contributed by atoms with Gasteiger partial charge in [-0.05, 0) is 25.1 Å². The van der Waals surface area contributed by atoms with Crippen molar-refractivity contribution in [3.63, 3.8) is 0 Å². The predicted octanol–water partition coefficient (Wildman–Crippen LogP) is 4.09. The molecular formula is C26H23N7O. The maximum atomic E-state index is 13.1. The monoisotopic (exact) mass is 449 g/mol. The van der Waals surface area contributed by atoms with Gasteiger partial charge in [0.2, 0.25) is 0 Å². The van der Waals surface area contributed by atoms with E-state index in [-0.39, 0.29) is 18.1 Å². The third kappa shape index (κ3) is 4.09. The molecule has 0 unspecified atom stereocenters. The van der Waals surface area contributed by atoms with Gasteiger partial charge in [0.05, 0.1) is 23.4 Å². The third-order valence-electron chi connectivity index (χ3n) is 5.61. The molecule has 1 amide bonds. The average Bonchev–Trinajstić information content (AvgIpc) is 3.35. The van der Waals surface area contributed by atoms with Gasteiger partial charge in [-0.25, -0.2) is 15.0 Å². The number of aromatic nitrogens is 5. The number of nitrogens with two attached hydrogens (primary N) is 1. The van der Waals surface area contributed by atoms with E-state index in [1.54, 1.807) is 12.4 Å². The van der Waals surface area contributed by atoms with Crippen molar-refractivity contribution in [1.82, 2.24) is 29.8 Å². The van der Waals surface area contributed by atoms with Gasteiger partial charge < -0.3 is 15.6 Å². The van der Waals surface area contributed by atoms with Crippen molar-refractivity contribution < 1.29 is 4.79 Å². The zero-order valence-electron chi connectivity index (χ0n) is 18.6. The summed E-state index contributed by atoms with van der Waals surface area (Å²) in [6, 6.07) is 19.4. The molecule has 0 aliphatic heterocycles. The van der Waals surface area contributed by atoms with Crippen LogP contribution in [-0.4, -0.2) is 30.4 Å². The smallest absolute Gasteiger partial charge is 0.274 e. The van der Waals surface area contributed by atoms with E-state index in [2.05, 4.69) is 20.3 Å². The normalized spacial score (nSPS) is 11.0. The van der Waals surface area contributed by atoms with Crippen LogP contribution in [0.2, 0.25) is 0 Å². The van der Waals surface area contributed by atoms with Crippen molar-refractivity contribution in [2.45, 2.75) is 20.0 Å². The van der Waals surface area contributed by atoms with Crippen LogP contribution in [0.25, 0.3) is 33.4 Å². The first-order valence-electron chi connectivity index (χ1n) is 11.0. The van der Waals surface area contributed by atoms with Crippen LogP contribution in [0.4, 0.5) is 5.82 Å². The van der Waals surface area contributed by atoms with Gasteiger partial charge in [0.15, 0.2) is 11.5 Å². The maximum absolute atomic E-state index is 13.1. The van der Waals surface area contributed by atoms with Crippen LogP contribution in [0.3, 0.4) is 0 Å². The number of hydrogen-bond acceptors (Lipinski definition) is 6. The first-order chi connectivity index (χ1) is 16.6. The van der Waals surface area contributed by atoms with Crippen LogP contribution in [0.5, 0.6) is 0 Å². The lowest BCUT2D eigenvalue weighted by Gasteiger charge is -2.14. The summed E-state index contributed by atoms with van der Waals surface area (Å²) in [5.74, 6) is 0.422. The second-order valence-electron chi connectivity index (χ2n) is 7.74. The molecule has 0 radical (unpaired) electrons. The minimum absolute atomic E-state index is 0.0707. The molecule has 0 saturated heterocycles. The fourth-order valence-electron chi connectivity index (χ4n) is 3.88. The summed E-state index contributed by atoms with van der Waals surface area (Å²) in [5.41, 5.74) is 10.1. The number of nitrogens with zero attached hydrogens (tertiary/aromatic N) is 5. The highest BCUT2D eigenvalue weighted by Crippen LogP contribution is 2.32. The van der Waals surface area contributed by atoms with E-state index in [1.807, 2.05) is 78.4 Å². The fraction of sp³-hybridized carbons (Fsp3) is 0.115. The van der Waals surface area contributed by atoms with Crippen molar-refractivity contribution in [3.05, 3.63) is 90.8 Å². The highest BCUT2D eigenvalue weighted by atomic mass is 16.1. The molecule has 0 bridgehead atoms. The number of fused-ring (bicyclic) bond motifs is 1. The molecule has 0 spiro atoms. The molecule has 0 aliphatic rings. The Labute approximate surface area is 196 Å². The molecule has 168 valence electrons. The molecule has 3 N–H and O–H groups in total. The van der Waals surface area contributed by atoms with Gasteiger partial charge in [0.25, 0.3) is 5.91 Å². The Kier molecular flexibility index (Phi) is 5.70. The lowest BCUT2D eigenvalue weighted by molar-refractivity contribution is 0.0945. The highest BCUT2D eigenvalue weighted by Gasteiger charge is 2.20. The van der Waals surface area contributed by atoms with Crippen molar-refractivity contribution in [2.75, 3.05) is 5.73 Å². The molecule has 0 atom stereocenters. The zero-order valence-corrected chi connectivity index (χ0v) is 18.6. The molecule has 8 nitrogen and oxygen atoms in total. The van der Waals surface area contributed by atoms with E-state index in [1.165, 1.54) is 0 Å². The van der Waals surface area contributed by atoms with Gasteiger partial charge in [0, 0.05) is 41.6 Å². The highest BCUT2D eigenvalue weighted by molar-refractivity contribution is 5.98. The molecule has 3 heterocycles. The van der Waals surface area contributed by atoms with Crippen LogP contribution in [-0.2, 0) is 13.1 Å². The van der Waals surface area contributed by atoms with E-state index in [0.29, 0.717) is 11.4 Å². The number of aryl methyl sites for hydroxylation is 1. The second kappa shape index (κ2) is 9.11. The standard InChI is InChI=1S/C26H23N7O/c1-2-33-14-13-29-21(33)16-30-26(34)24-25(27)32-22(17-7-4-3-5-8-17)23(31-24)19-10-11-20-18(15-19)9-6-12-28-20/h3-15H,2,16H2,1H3,(H2,27,32)(H,30,34). The van der Waals surface area contributed by atoms with Crippen molar-refractivity contribution in [2.24, 2.45) is 0 Å².